The van der Waals surface area contributed by atoms with Gasteiger partial charge in [0, 0.05) is 0 Å². The molecule has 0 atom stereocenters. The standard InChI is InChI=1S/C13H11NO4/c15-12-4-2-1-3-11(12)13(16)18-10-7-5-9(14-17)6-8-10/h1-8,14-15,17H. The topological polar surface area (TPSA) is 78.8 Å². The van der Waals surface area contributed by atoms with Gasteiger partial charge in [0.2, 0.25) is 0 Å². The van der Waals surface area contributed by atoms with Gasteiger partial charge in [-0.05, 0) is 36.4 Å². The maximum Gasteiger partial charge on any atom is 0.347 e. The molecule has 0 aromatic heterocycles. The third-order valence-corrected chi connectivity index (χ3v) is 2.32. The van der Waals surface area contributed by atoms with Crippen LogP contribution in [0.2, 0.25) is 0 Å². The summed E-state index contributed by atoms with van der Waals surface area (Å²) in [5.74, 6) is -0.448. The van der Waals surface area contributed by atoms with Gasteiger partial charge >= 0.3 is 5.97 Å². The number of nitrogens with one attached hydrogen (secondary N) is 1. The molecule has 0 heterocycles. The van der Waals surface area contributed by atoms with Crippen molar-refractivity contribution in [3.63, 3.8) is 0 Å². The summed E-state index contributed by atoms with van der Waals surface area (Å²) < 4.78 is 5.07. The number of phenols is 1. The number of ether oxygens (including phenoxy) is 1. The Morgan fingerprint density at radius 3 is 2.33 bits per heavy atom. The van der Waals surface area contributed by atoms with E-state index < -0.39 is 5.97 Å². The number of carbonyl (C=O) groups is 1. The highest BCUT2D eigenvalue weighted by Gasteiger charge is 2.12. The number of benzene rings is 2. The van der Waals surface area contributed by atoms with E-state index in [4.69, 9.17) is 9.94 Å². The number of carbonyl (C=O) groups excluding carboxylic acids is 1. The fourth-order valence-corrected chi connectivity index (χ4v) is 1.41. The molecule has 2 rings (SSSR count). The van der Waals surface area contributed by atoms with Crippen LogP contribution < -0.4 is 10.2 Å². The summed E-state index contributed by atoms with van der Waals surface area (Å²) in [5.41, 5.74) is 2.55. The molecule has 0 saturated carbocycles. The molecule has 0 fully saturated rings. The zero-order valence-electron chi connectivity index (χ0n) is 9.33. The van der Waals surface area contributed by atoms with Crippen LogP contribution in [0.4, 0.5) is 5.69 Å². The van der Waals surface area contributed by atoms with Gasteiger partial charge in [-0.1, -0.05) is 12.1 Å². The molecule has 2 aromatic rings. The Bertz CT molecular complexity index is 551. The SMILES string of the molecule is O=C(Oc1ccc(NO)cc1)c1ccccc1O. The van der Waals surface area contributed by atoms with Gasteiger partial charge in [0.25, 0.3) is 0 Å². The molecule has 0 aliphatic carbocycles. The molecular formula is C13H11NO4. The van der Waals surface area contributed by atoms with Gasteiger partial charge in [-0.25, -0.2) is 4.79 Å². The van der Waals surface area contributed by atoms with Crippen molar-refractivity contribution >= 4 is 11.7 Å². The smallest absolute Gasteiger partial charge is 0.347 e. The lowest BCUT2D eigenvalue weighted by molar-refractivity contribution is 0.0731. The second-order valence-corrected chi connectivity index (χ2v) is 3.54. The zero-order chi connectivity index (χ0) is 13.0. The normalized spacial score (nSPS) is 9.83. The van der Waals surface area contributed by atoms with E-state index in [0.29, 0.717) is 11.4 Å². The Hall–Kier alpha value is -2.53. The van der Waals surface area contributed by atoms with Crippen molar-refractivity contribution in [1.29, 1.82) is 0 Å². The quantitative estimate of drug-likeness (QED) is 0.439. The number of hydrogen-bond donors (Lipinski definition) is 3. The van der Waals surface area contributed by atoms with Gasteiger partial charge in [0.15, 0.2) is 0 Å². The number of rotatable bonds is 3. The maximum absolute atomic E-state index is 11.7. The van der Waals surface area contributed by atoms with Crippen molar-refractivity contribution in [3.05, 3.63) is 54.1 Å². The molecule has 3 N–H and O–H groups in total. The van der Waals surface area contributed by atoms with Crippen molar-refractivity contribution in [2.75, 3.05) is 5.48 Å². The van der Waals surface area contributed by atoms with Gasteiger partial charge in [0.1, 0.15) is 17.1 Å². The number of hydrogen-bond acceptors (Lipinski definition) is 5. The molecule has 0 unspecified atom stereocenters. The van der Waals surface area contributed by atoms with Crippen LogP contribution in [0.25, 0.3) is 0 Å². The summed E-state index contributed by atoms with van der Waals surface area (Å²) in [6.45, 7) is 0. The van der Waals surface area contributed by atoms with Crippen LogP contribution in [0.15, 0.2) is 48.5 Å². The van der Waals surface area contributed by atoms with Crippen molar-refractivity contribution in [2.45, 2.75) is 0 Å². The van der Waals surface area contributed by atoms with Gasteiger partial charge in [-0.15, -0.1) is 0 Å². The van der Waals surface area contributed by atoms with Crippen molar-refractivity contribution in [2.24, 2.45) is 0 Å². The number of para-hydroxylation sites is 1. The fraction of sp³-hybridized carbons (Fsp3) is 0. The van der Waals surface area contributed by atoms with E-state index in [9.17, 15) is 9.90 Å². The Labute approximate surface area is 103 Å². The first-order valence-corrected chi connectivity index (χ1v) is 5.21. The van der Waals surface area contributed by atoms with E-state index in [2.05, 4.69) is 0 Å². The lowest BCUT2D eigenvalue weighted by Gasteiger charge is -2.06. The summed E-state index contributed by atoms with van der Waals surface area (Å²) in [5, 5.41) is 18.1. The van der Waals surface area contributed by atoms with E-state index in [1.807, 2.05) is 5.48 Å². The number of phenolic OH excluding ortho intramolecular Hbond substituents is 1. The lowest BCUT2D eigenvalue weighted by atomic mass is 10.2. The average Bonchev–Trinajstić information content (AvgIpc) is 2.40. The molecule has 0 radical (unpaired) electrons. The van der Waals surface area contributed by atoms with Crippen LogP contribution in [-0.2, 0) is 0 Å². The minimum Gasteiger partial charge on any atom is -0.507 e. The molecule has 0 aliphatic rings. The van der Waals surface area contributed by atoms with Crippen LogP contribution in [0, 0.1) is 0 Å². The number of esters is 1. The fourth-order valence-electron chi connectivity index (χ4n) is 1.41. The maximum atomic E-state index is 11.7. The van der Waals surface area contributed by atoms with E-state index in [1.54, 1.807) is 24.3 Å². The Kier molecular flexibility index (Phi) is 3.45. The largest absolute Gasteiger partial charge is 0.507 e. The van der Waals surface area contributed by atoms with Gasteiger partial charge in [-0.3, -0.25) is 10.7 Å². The highest BCUT2D eigenvalue weighted by Crippen LogP contribution is 2.20. The number of anilines is 1. The first kappa shape index (κ1) is 11.9. The summed E-state index contributed by atoms with van der Waals surface area (Å²) in [4.78, 5) is 11.7. The molecule has 0 saturated heterocycles. The summed E-state index contributed by atoms with van der Waals surface area (Å²) in [6.07, 6.45) is 0. The van der Waals surface area contributed by atoms with E-state index >= 15 is 0 Å². The minimum atomic E-state index is -0.641. The molecule has 2 aromatic carbocycles. The van der Waals surface area contributed by atoms with Gasteiger partial charge < -0.3 is 9.84 Å². The Balaban J connectivity index is 2.14. The average molecular weight is 245 g/mol. The molecule has 5 nitrogen and oxygen atoms in total. The molecule has 0 bridgehead atoms. The first-order chi connectivity index (χ1) is 8.70. The predicted molar refractivity (Wildman–Crippen MR) is 64.9 cm³/mol. The lowest BCUT2D eigenvalue weighted by Crippen LogP contribution is -2.08. The van der Waals surface area contributed by atoms with Gasteiger partial charge in [0.05, 0.1) is 5.69 Å². The van der Waals surface area contributed by atoms with Crippen LogP contribution in [0.5, 0.6) is 11.5 Å². The second kappa shape index (κ2) is 5.20. The van der Waals surface area contributed by atoms with Crippen molar-refractivity contribution in [3.8, 4) is 11.5 Å². The van der Waals surface area contributed by atoms with Crippen LogP contribution in [0.3, 0.4) is 0 Å². The summed E-state index contributed by atoms with van der Waals surface area (Å²) in [7, 11) is 0. The van der Waals surface area contributed by atoms with E-state index in [-0.39, 0.29) is 11.3 Å². The van der Waals surface area contributed by atoms with E-state index in [0.717, 1.165) is 0 Å². The summed E-state index contributed by atoms with van der Waals surface area (Å²) >= 11 is 0. The van der Waals surface area contributed by atoms with Crippen LogP contribution >= 0.6 is 0 Å². The monoisotopic (exact) mass is 245 g/mol. The second-order valence-electron chi connectivity index (χ2n) is 3.54. The predicted octanol–water partition coefficient (Wildman–Crippen LogP) is 2.41. The summed E-state index contributed by atoms with van der Waals surface area (Å²) in [6, 6.07) is 12.3. The number of aromatic hydroxyl groups is 1. The third-order valence-electron chi connectivity index (χ3n) is 2.32. The molecule has 0 amide bonds. The van der Waals surface area contributed by atoms with Crippen molar-refractivity contribution < 1.29 is 19.8 Å². The molecule has 92 valence electrons. The highest BCUT2D eigenvalue weighted by atomic mass is 16.5. The first-order valence-electron chi connectivity index (χ1n) is 5.21. The van der Waals surface area contributed by atoms with Crippen molar-refractivity contribution in [1.82, 2.24) is 0 Å². The third kappa shape index (κ3) is 2.58. The Morgan fingerprint density at radius 1 is 1.06 bits per heavy atom. The molecule has 18 heavy (non-hydrogen) atoms. The Morgan fingerprint density at radius 2 is 1.72 bits per heavy atom. The van der Waals surface area contributed by atoms with Crippen LogP contribution in [0.1, 0.15) is 10.4 Å². The zero-order valence-corrected chi connectivity index (χ0v) is 9.33. The van der Waals surface area contributed by atoms with Crippen LogP contribution in [-0.4, -0.2) is 16.3 Å². The molecule has 0 spiro atoms. The molecule has 5 heteroatoms. The molecule has 0 aliphatic heterocycles. The van der Waals surface area contributed by atoms with Gasteiger partial charge in [-0.2, -0.15) is 0 Å². The minimum absolute atomic E-state index is 0.0989. The van der Waals surface area contributed by atoms with E-state index in [1.165, 1.54) is 24.3 Å². The molecular weight excluding hydrogens is 234 g/mol. The highest BCUT2D eigenvalue weighted by molar-refractivity contribution is 5.93.